The lowest BCUT2D eigenvalue weighted by Crippen LogP contribution is -2.49. The highest BCUT2D eigenvalue weighted by atomic mass is 16.1. The van der Waals surface area contributed by atoms with Crippen LogP contribution < -0.4 is 0 Å². The molecule has 0 bridgehead atoms. The summed E-state index contributed by atoms with van der Waals surface area (Å²) < 4.78 is 0. The number of nitrogens with zero attached hydrogens (tertiary/aromatic N) is 2. The zero-order valence-corrected chi connectivity index (χ0v) is 12.1. The Morgan fingerprint density at radius 1 is 1.15 bits per heavy atom. The molecular formula is C17H20N2O. The van der Waals surface area contributed by atoms with E-state index in [1.54, 1.807) is 6.20 Å². The SMILES string of the molecule is CN(C)C1(C(=O)c2cccc3cccnc23)CCCC1. The maximum absolute atomic E-state index is 13.1. The Kier molecular flexibility index (Phi) is 3.30. The van der Waals surface area contributed by atoms with Crippen molar-refractivity contribution >= 4 is 16.7 Å². The van der Waals surface area contributed by atoms with Gasteiger partial charge in [0.25, 0.3) is 0 Å². The van der Waals surface area contributed by atoms with Gasteiger partial charge in [0.1, 0.15) is 0 Å². The van der Waals surface area contributed by atoms with E-state index in [4.69, 9.17) is 0 Å². The van der Waals surface area contributed by atoms with Gasteiger partial charge in [0.15, 0.2) is 5.78 Å². The van der Waals surface area contributed by atoms with Gasteiger partial charge < -0.3 is 0 Å². The van der Waals surface area contributed by atoms with Crippen molar-refractivity contribution in [1.82, 2.24) is 9.88 Å². The highest BCUT2D eigenvalue weighted by Gasteiger charge is 2.43. The van der Waals surface area contributed by atoms with Crippen LogP contribution in [0, 0.1) is 0 Å². The van der Waals surface area contributed by atoms with Crippen molar-refractivity contribution in [2.75, 3.05) is 14.1 Å². The summed E-state index contributed by atoms with van der Waals surface area (Å²) in [7, 11) is 4.03. The number of Topliss-reactive ketones (excluding diaryl/α,β-unsaturated/α-hetero) is 1. The van der Waals surface area contributed by atoms with Crippen LogP contribution in [-0.2, 0) is 0 Å². The number of benzene rings is 1. The Balaban J connectivity index is 2.13. The number of ketones is 1. The first-order chi connectivity index (χ1) is 9.65. The molecule has 1 aromatic carbocycles. The number of carbonyl (C=O) groups excluding carboxylic acids is 1. The number of likely N-dealkylation sites (N-methyl/N-ethyl adjacent to an activating group) is 1. The van der Waals surface area contributed by atoms with Gasteiger partial charge in [-0.3, -0.25) is 14.7 Å². The van der Waals surface area contributed by atoms with Gasteiger partial charge in [-0.05, 0) is 39.1 Å². The molecule has 20 heavy (non-hydrogen) atoms. The summed E-state index contributed by atoms with van der Waals surface area (Å²) in [5.74, 6) is 0.226. The molecule has 1 aliphatic rings. The minimum absolute atomic E-state index is 0.226. The van der Waals surface area contributed by atoms with Gasteiger partial charge in [-0.2, -0.15) is 0 Å². The monoisotopic (exact) mass is 268 g/mol. The van der Waals surface area contributed by atoms with Gasteiger partial charge in [-0.25, -0.2) is 0 Å². The summed E-state index contributed by atoms with van der Waals surface area (Å²) in [5, 5.41) is 1.03. The molecule has 104 valence electrons. The predicted octanol–water partition coefficient (Wildman–Crippen LogP) is 3.29. The molecule has 1 heterocycles. The predicted molar refractivity (Wildman–Crippen MR) is 81.0 cm³/mol. The molecule has 3 heteroatoms. The molecule has 0 radical (unpaired) electrons. The second kappa shape index (κ2) is 4.98. The van der Waals surface area contributed by atoms with Crippen molar-refractivity contribution in [2.24, 2.45) is 0 Å². The molecule has 0 aliphatic heterocycles. The third-order valence-electron chi connectivity index (χ3n) is 4.59. The third kappa shape index (κ3) is 1.93. The second-order valence-electron chi connectivity index (χ2n) is 5.84. The van der Waals surface area contributed by atoms with E-state index in [9.17, 15) is 4.79 Å². The normalized spacial score (nSPS) is 17.8. The molecule has 0 atom stereocenters. The van der Waals surface area contributed by atoms with Crippen LogP contribution in [0.2, 0.25) is 0 Å². The summed E-state index contributed by atoms with van der Waals surface area (Å²) in [6.07, 6.45) is 5.91. The average molecular weight is 268 g/mol. The Morgan fingerprint density at radius 3 is 2.55 bits per heavy atom. The van der Waals surface area contributed by atoms with Crippen LogP contribution in [0.3, 0.4) is 0 Å². The number of para-hydroxylation sites is 1. The van der Waals surface area contributed by atoms with Crippen molar-refractivity contribution in [3.8, 4) is 0 Å². The largest absolute Gasteiger partial charge is 0.297 e. The second-order valence-corrected chi connectivity index (χ2v) is 5.84. The summed E-state index contributed by atoms with van der Waals surface area (Å²) in [5.41, 5.74) is 1.25. The molecule has 0 spiro atoms. The van der Waals surface area contributed by atoms with Gasteiger partial charge >= 0.3 is 0 Å². The Labute approximate surface area is 119 Å². The topological polar surface area (TPSA) is 33.2 Å². The third-order valence-corrected chi connectivity index (χ3v) is 4.59. The van der Waals surface area contributed by atoms with Crippen molar-refractivity contribution in [1.29, 1.82) is 0 Å². The quantitative estimate of drug-likeness (QED) is 0.801. The summed E-state index contributed by atoms with van der Waals surface area (Å²) in [4.78, 5) is 19.7. The first-order valence-corrected chi connectivity index (χ1v) is 7.21. The molecule has 3 rings (SSSR count). The minimum atomic E-state index is -0.341. The molecule has 1 fully saturated rings. The lowest BCUT2D eigenvalue weighted by Gasteiger charge is -2.34. The van der Waals surface area contributed by atoms with E-state index < -0.39 is 0 Å². The van der Waals surface area contributed by atoms with E-state index in [1.165, 1.54) is 0 Å². The number of rotatable bonds is 3. The lowest BCUT2D eigenvalue weighted by molar-refractivity contribution is 0.0695. The van der Waals surface area contributed by atoms with Crippen LogP contribution in [0.25, 0.3) is 10.9 Å². The number of hydrogen-bond donors (Lipinski definition) is 0. The lowest BCUT2D eigenvalue weighted by atomic mass is 9.85. The molecule has 1 saturated carbocycles. The van der Waals surface area contributed by atoms with Crippen LogP contribution in [0.5, 0.6) is 0 Å². The highest BCUT2D eigenvalue weighted by molar-refractivity contribution is 6.11. The van der Waals surface area contributed by atoms with Crippen LogP contribution in [0.4, 0.5) is 0 Å². The van der Waals surface area contributed by atoms with Gasteiger partial charge in [0.05, 0.1) is 11.1 Å². The van der Waals surface area contributed by atoms with Crippen LogP contribution in [-0.4, -0.2) is 35.3 Å². The summed E-state index contributed by atoms with van der Waals surface area (Å²) in [6, 6.07) is 9.80. The first-order valence-electron chi connectivity index (χ1n) is 7.21. The van der Waals surface area contributed by atoms with E-state index >= 15 is 0 Å². The molecule has 1 aliphatic carbocycles. The number of pyridine rings is 1. The minimum Gasteiger partial charge on any atom is -0.297 e. The molecule has 2 aromatic rings. The van der Waals surface area contributed by atoms with Crippen LogP contribution in [0.1, 0.15) is 36.0 Å². The van der Waals surface area contributed by atoms with Gasteiger partial charge in [0, 0.05) is 17.1 Å². The zero-order chi connectivity index (χ0) is 14.2. The van der Waals surface area contributed by atoms with Crippen molar-refractivity contribution < 1.29 is 4.79 Å². The molecule has 1 aromatic heterocycles. The van der Waals surface area contributed by atoms with E-state index in [1.807, 2.05) is 44.4 Å². The van der Waals surface area contributed by atoms with Crippen LogP contribution in [0.15, 0.2) is 36.5 Å². The standard InChI is InChI=1S/C17H20N2O/c1-19(2)17(10-3-4-11-17)16(20)14-9-5-7-13-8-6-12-18-15(13)14/h5-9,12H,3-4,10-11H2,1-2H3. The number of fused-ring (bicyclic) bond motifs is 1. The fourth-order valence-corrected chi connectivity index (χ4v) is 3.38. The molecule has 3 nitrogen and oxygen atoms in total. The smallest absolute Gasteiger partial charge is 0.185 e. The Morgan fingerprint density at radius 2 is 1.85 bits per heavy atom. The van der Waals surface area contributed by atoms with Gasteiger partial charge in [0.2, 0.25) is 0 Å². The van der Waals surface area contributed by atoms with Gasteiger partial charge in [-0.15, -0.1) is 0 Å². The Hall–Kier alpha value is -1.74. The molecule has 0 unspecified atom stereocenters. The average Bonchev–Trinajstić information content (AvgIpc) is 2.97. The van der Waals surface area contributed by atoms with E-state index in [0.29, 0.717) is 0 Å². The number of aromatic nitrogens is 1. The molecular weight excluding hydrogens is 248 g/mol. The maximum Gasteiger partial charge on any atom is 0.185 e. The molecule has 0 saturated heterocycles. The summed E-state index contributed by atoms with van der Waals surface area (Å²) in [6.45, 7) is 0. The van der Waals surface area contributed by atoms with Crippen molar-refractivity contribution in [3.63, 3.8) is 0 Å². The maximum atomic E-state index is 13.1. The highest BCUT2D eigenvalue weighted by Crippen LogP contribution is 2.37. The first kappa shape index (κ1) is 13.3. The number of hydrogen-bond acceptors (Lipinski definition) is 3. The van der Waals surface area contributed by atoms with Crippen LogP contribution >= 0.6 is 0 Å². The fraction of sp³-hybridized carbons (Fsp3) is 0.412. The van der Waals surface area contributed by atoms with Gasteiger partial charge in [-0.1, -0.05) is 31.0 Å². The summed E-state index contributed by atoms with van der Waals surface area (Å²) >= 11 is 0. The fourth-order valence-electron chi connectivity index (χ4n) is 3.38. The zero-order valence-electron chi connectivity index (χ0n) is 12.1. The van der Waals surface area contributed by atoms with Crippen molar-refractivity contribution in [3.05, 3.63) is 42.1 Å². The van der Waals surface area contributed by atoms with Crippen molar-refractivity contribution in [2.45, 2.75) is 31.2 Å². The van der Waals surface area contributed by atoms with E-state index in [2.05, 4.69) is 9.88 Å². The van der Waals surface area contributed by atoms with E-state index in [0.717, 1.165) is 42.1 Å². The molecule has 0 N–H and O–H groups in total. The molecule has 0 amide bonds. The van der Waals surface area contributed by atoms with E-state index in [-0.39, 0.29) is 11.3 Å². The Bertz CT molecular complexity index is 637. The number of carbonyl (C=O) groups is 1.